The molecule has 0 aliphatic heterocycles. The average Bonchev–Trinajstić information content (AvgIpc) is 3.51. The van der Waals surface area contributed by atoms with E-state index in [4.69, 9.17) is 14.6 Å². The smallest absolute Gasteiger partial charge is 0.306 e. The van der Waals surface area contributed by atoms with E-state index in [0.717, 1.165) is 12.1 Å². The zero-order chi connectivity index (χ0) is 21.3. The molecule has 3 aromatic rings. The lowest BCUT2D eigenvalue weighted by atomic mass is 10.0. The Balaban J connectivity index is 1.46. The third-order valence-electron chi connectivity index (χ3n) is 4.93. The molecule has 154 valence electrons. The van der Waals surface area contributed by atoms with E-state index in [-0.39, 0.29) is 28.9 Å². The standard InChI is InChI=1S/C23H17F3O4/c24-20-7-5-16(30-17-6-8-21(25)22(26)11-17)10-18(20)13-1-3-15(4-2-13)29-12-14-9-19(14)23(27)28/h1-8,10-11,14,19H,9,12H2,(H,27,28)/t14-,19+/m0/s1. The third kappa shape index (κ3) is 4.40. The first-order valence-electron chi connectivity index (χ1n) is 9.29. The second-order valence-electron chi connectivity index (χ2n) is 7.10. The number of carboxylic acid groups (broad SMARTS) is 1. The van der Waals surface area contributed by atoms with Crippen molar-refractivity contribution in [3.63, 3.8) is 0 Å². The fraction of sp³-hybridized carbons (Fsp3) is 0.174. The molecule has 1 saturated carbocycles. The first kappa shape index (κ1) is 19.8. The Kier molecular flexibility index (Phi) is 5.35. The molecule has 3 aromatic carbocycles. The van der Waals surface area contributed by atoms with Crippen molar-refractivity contribution in [3.05, 3.63) is 78.1 Å². The number of carboxylic acids is 1. The number of hydrogen-bond donors (Lipinski definition) is 1. The lowest BCUT2D eigenvalue weighted by Gasteiger charge is -2.10. The highest BCUT2D eigenvalue weighted by Crippen LogP contribution is 2.39. The van der Waals surface area contributed by atoms with Crippen molar-refractivity contribution in [1.29, 1.82) is 0 Å². The monoisotopic (exact) mass is 414 g/mol. The van der Waals surface area contributed by atoms with E-state index in [0.29, 0.717) is 24.3 Å². The molecule has 4 rings (SSSR count). The van der Waals surface area contributed by atoms with Gasteiger partial charge in [-0.05, 0) is 54.4 Å². The maximum Gasteiger partial charge on any atom is 0.306 e. The molecule has 1 aliphatic carbocycles. The Labute approximate surface area is 170 Å². The van der Waals surface area contributed by atoms with Crippen LogP contribution in [0.15, 0.2) is 60.7 Å². The summed E-state index contributed by atoms with van der Waals surface area (Å²) in [6, 6.07) is 13.9. The molecule has 0 aromatic heterocycles. The van der Waals surface area contributed by atoms with E-state index in [2.05, 4.69) is 0 Å². The SMILES string of the molecule is O=C(O)[C@@H]1C[C@H]1COc1ccc(-c2cc(Oc3ccc(F)c(F)c3)ccc2F)cc1. The maximum absolute atomic E-state index is 14.3. The van der Waals surface area contributed by atoms with Gasteiger partial charge in [-0.15, -0.1) is 0 Å². The topological polar surface area (TPSA) is 55.8 Å². The Bertz CT molecular complexity index is 1080. The number of hydrogen-bond acceptors (Lipinski definition) is 3. The highest BCUT2D eigenvalue weighted by molar-refractivity contribution is 5.73. The molecule has 0 saturated heterocycles. The van der Waals surface area contributed by atoms with Crippen LogP contribution >= 0.6 is 0 Å². The number of benzene rings is 3. The minimum Gasteiger partial charge on any atom is -0.493 e. The molecule has 30 heavy (non-hydrogen) atoms. The Hall–Kier alpha value is -3.48. The van der Waals surface area contributed by atoms with Gasteiger partial charge in [0.25, 0.3) is 0 Å². The van der Waals surface area contributed by atoms with Gasteiger partial charge in [-0.25, -0.2) is 13.2 Å². The van der Waals surface area contributed by atoms with E-state index in [1.165, 1.54) is 24.3 Å². The van der Waals surface area contributed by atoms with E-state index >= 15 is 0 Å². The molecule has 0 unspecified atom stereocenters. The Morgan fingerprint density at radius 3 is 2.13 bits per heavy atom. The summed E-state index contributed by atoms with van der Waals surface area (Å²) in [5, 5.41) is 8.91. The summed E-state index contributed by atoms with van der Waals surface area (Å²) in [6.45, 7) is 0.322. The summed E-state index contributed by atoms with van der Waals surface area (Å²) in [5.41, 5.74) is 0.847. The van der Waals surface area contributed by atoms with Crippen molar-refractivity contribution in [1.82, 2.24) is 0 Å². The largest absolute Gasteiger partial charge is 0.493 e. The highest BCUT2D eigenvalue weighted by atomic mass is 19.2. The zero-order valence-corrected chi connectivity index (χ0v) is 15.6. The van der Waals surface area contributed by atoms with Gasteiger partial charge in [-0.2, -0.15) is 0 Å². The van der Waals surface area contributed by atoms with Crippen LogP contribution in [0.25, 0.3) is 11.1 Å². The summed E-state index contributed by atoms with van der Waals surface area (Å²) < 4.78 is 51.9. The third-order valence-corrected chi connectivity index (χ3v) is 4.93. The summed E-state index contributed by atoms with van der Waals surface area (Å²) in [7, 11) is 0. The van der Waals surface area contributed by atoms with Crippen molar-refractivity contribution in [2.45, 2.75) is 6.42 Å². The van der Waals surface area contributed by atoms with Crippen LogP contribution in [0.4, 0.5) is 13.2 Å². The lowest BCUT2D eigenvalue weighted by Crippen LogP contribution is -2.06. The first-order valence-corrected chi connectivity index (χ1v) is 9.29. The van der Waals surface area contributed by atoms with Gasteiger partial charge in [0.2, 0.25) is 0 Å². The van der Waals surface area contributed by atoms with Gasteiger partial charge in [0, 0.05) is 17.5 Å². The van der Waals surface area contributed by atoms with Gasteiger partial charge < -0.3 is 14.6 Å². The fourth-order valence-electron chi connectivity index (χ4n) is 3.13. The molecule has 0 spiro atoms. The number of aliphatic carboxylic acids is 1. The van der Waals surface area contributed by atoms with E-state index in [9.17, 15) is 18.0 Å². The summed E-state index contributed by atoms with van der Waals surface area (Å²) in [4.78, 5) is 10.9. The van der Waals surface area contributed by atoms with Gasteiger partial charge >= 0.3 is 5.97 Å². The number of carbonyl (C=O) groups is 1. The second kappa shape index (κ2) is 8.10. The van der Waals surface area contributed by atoms with Crippen molar-refractivity contribution in [2.75, 3.05) is 6.61 Å². The summed E-state index contributed by atoms with van der Waals surface area (Å²) in [5.74, 6) is -2.69. The molecular formula is C23H17F3O4. The van der Waals surface area contributed by atoms with Gasteiger partial charge in [0.1, 0.15) is 23.1 Å². The number of ether oxygens (including phenoxy) is 2. The fourth-order valence-corrected chi connectivity index (χ4v) is 3.13. The maximum atomic E-state index is 14.3. The molecule has 0 heterocycles. The van der Waals surface area contributed by atoms with E-state index in [1.54, 1.807) is 24.3 Å². The molecular weight excluding hydrogens is 397 g/mol. The quantitative estimate of drug-likeness (QED) is 0.542. The Morgan fingerprint density at radius 2 is 1.50 bits per heavy atom. The van der Waals surface area contributed by atoms with Crippen molar-refractivity contribution in [2.24, 2.45) is 11.8 Å². The van der Waals surface area contributed by atoms with Gasteiger partial charge in [0.05, 0.1) is 12.5 Å². The lowest BCUT2D eigenvalue weighted by molar-refractivity contribution is -0.138. The molecule has 4 nitrogen and oxygen atoms in total. The molecule has 0 bridgehead atoms. The van der Waals surface area contributed by atoms with E-state index in [1.807, 2.05) is 0 Å². The number of halogens is 3. The van der Waals surface area contributed by atoms with Crippen molar-refractivity contribution >= 4 is 5.97 Å². The summed E-state index contributed by atoms with van der Waals surface area (Å²) >= 11 is 0. The normalized spacial score (nSPS) is 17.4. The van der Waals surface area contributed by atoms with Gasteiger partial charge in [-0.1, -0.05) is 12.1 Å². The van der Waals surface area contributed by atoms with Crippen LogP contribution in [-0.2, 0) is 4.79 Å². The van der Waals surface area contributed by atoms with Crippen LogP contribution in [0, 0.1) is 29.3 Å². The molecule has 1 fully saturated rings. The predicted octanol–water partition coefficient (Wildman–Crippen LogP) is 5.66. The van der Waals surface area contributed by atoms with Gasteiger partial charge in [0.15, 0.2) is 11.6 Å². The first-order chi connectivity index (χ1) is 14.4. The van der Waals surface area contributed by atoms with Crippen LogP contribution in [0.3, 0.4) is 0 Å². The molecule has 0 radical (unpaired) electrons. The zero-order valence-electron chi connectivity index (χ0n) is 15.6. The van der Waals surface area contributed by atoms with Crippen LogP contribution in [0.5, 0.6) is 17.2 Å². The predicted molar refractivity (Wildman–Crippen MR) is 103 cm³/mol. The minimum atomic E-state index is -1.04. The molecule has 1 aliphatic rings. The molecule has 2 atom stereocenters. The van der Waals surface area contributed by atoms with Crippen LogP contribution in [-0.4, -0.2) is 17.7 Å². The second-order valence-corrected chi connectivity index (χ2v) is 7.10. The average molecular weight is 414 g/mol. The van der Waals surface area contributed by atoms with Crippen molar-refractivity contribution in [3.8, 4) is 28.4 Å². The van der Waals surface area contributed by atoms with Crippen LogP contribution in [0.2, 0.25) is 0 Å². The highest BCUT2D eigenvalue weighted by Gasteiger charge is 2.43. The van der Waals surface area contributed by atoms with E-state index < -0.39 is 23.4 Å². The minimum absolute atomic E-state index is 0.0183. The number of rotatable bonds is 7. The van der Waals surface area contributed by atoms with Crippen molar-refractivity contribution < 1.29 is 32.5 Å². The molecule has 1 N–H and O–H groups in total. The molecule has 0 amide bonds. The van der Waals surface area contributed by atoms with Gasteiger partial charge in [-0.3, -0.25) is 4.79 Å². The van der Waals surface area contributed by atoms with Crippen LogP contribution < -0.4 is 9.47 Å². The summed E-state index contributed by atoms with van der Waals surface area (Å²) in [6.07, 6.45) is 0.614. The molecule has 7 heteroatoms. The van der Waals surface area contributed by atoms with Crippen LogP contribution in [0.1, 0.15) is 6.42 Å². The Morgan fingerprint density at radius 1 is 0.867 bits per heavy atom.